The molecule has 3 nitrogen and oxygen atoms in total. The second-order valence-corrected chi connectivity index (χ2v) is 4.89. The van der Waals surface area contributed by atoms with E-state index in [9.17, 15) is 0 Å². The molecule has 0 amide bonds. The summed E-state index contributed by atoms with van der Waals surface area (Å²) in [6, 6.07) is 0. The van der Waals surface area contributed by atoms with E-state index in [1.807, 2.05) is 12.4 Å². The zero-order valence-corrected chi connectivity index (χ0v) is 11.4. The zero-order chi connectivity index (χ0) is 12.3. The molecule has 0 saturated heterocycles. The molecule has 1 heterocycles. The average Bonchev–Trinajstić information content (AvgIpc) is 2.80. The van der Waals surface area contributed by atoms with Crippen molar-refractivity contribution in [2.45, 2.75) is 58.4 Å². The summed E-state index contributed by atoms with van der Waals surface area (Å²) in [4.78, 5) is 9.72. The molecule has 0 aliphatic rings. The highest BCUT2D eigenvalue weighted by atomic mass is 15.1. The number of H-pyrrole nitrogens is 1. The first-order chi connectivity index (χ1) is 8.33. The van der Waals surface area contributed by atoms with Gasteiger partial charge in [0.25, 0.3) is 0 Å². The molecule has 1 N–H and O–H groups in total. The Labute approximate surface area is 106 Å². The third kappa shape index (κ3) is 7.16. The van der Waals surface area contributed by atoms with Crippen LogP contribution < -0.4 is 0 Å². The minimum absolute atomic E-state index is 0.933. The molecule has 0 bridgehead atoms. The van der Waals surface area contributed by atoms with E-state index in [1.54, 1.807) is 0 Å². The highest BCUT2D eigenvalue weighted by Gasteiger charge is 2.01. The van der Waals surface area contributed by atoms with Crippen LogP contribution in [0.5, 0.6) is 0 Å². The molecule has 0 fully saturated rings. The maximum Gasteiger partial charge on any atom is 0.120 e. The number of aromatic nitrogens is 2. The second-order valence-electron chi connectivity index (χ2n) is 4.89. The first kappa shape index (κ1) is 14.2. The van der Waals surface area contributed by atoms with Crippen LogP contribution >= 0.6 is 0 Å². The van der Waals surface area contributed by atoms with Gasteiger partial charge in [0.05, 0.1) is 6.54 Å². The van der Waals surface area contributed by atoms with Crippen molar-refractivity contribution >= 4 is 0 Å². The van der Waals surface area contributed by atoms with Crippen molar-refractivity contribution in [3.8, 4) is 0 Å². The Morgan fingerprint density at radius 3 is 2.47 bits per heavy atom. The van der Waals surface area contributed by atoms with Crippen LogP contribution in [0.15, 0.2) is 12.4 Å². The normalized spacial score (nSPS) is 11.2. The van der Waals surface area contributed by atoms with Crippen LogP contribution in [0, 0.1) is 0 Å². The van der Waals surface area contributed by atoms with Gasteiger partial charge in [-0.2, -0.15) is 0 Å². The van der Waals surface area contributed by atoms with Crippen molar-refractivity contribution in [2.75, 3.05) is 13.6 Å². The van der Waals surface area contributed by atoms with Crippen molar-refractivity contribution in [3.05, 3.63) is 18.2 Å². The molecule has 0 aromatic carbocycles. The summed E-state index contributed by atoms with van der Waals surface area (Å²) >= 11 is 0. The van der Waals surface area contributed by atoms with Crippen LogP contribution in [0.1, 0.15) is 57.7 Å². The molecule has 17 heavy (non-hydrogen) atoms. The van der Waals surface area contributed by atoms with Gasteiger partial charge in [-0.3, -0.25) is 4.90 Å². The molecule has 0 aliphatic heterocycles. The number of hydrogen-bond donors (Lipinski definition) is 1. The number of nitrogens with zero attached hydrogens (tertiary/aromatic N) is 2. The van der Waals surface area contributed by atoms with Gasteiger partial charge in [0.2, 0.25) is 0 Å². The number of aromatic amines is 1. The predicted octanol–water partition coefficient (Wildman–Crippen LogP) is 3.59. The van der Waals surface area contributed by atoms with E-state index < -0.39 is 0 Å². The number of imidazole rings is 1. The van der Waals surface area contributed by atoms with E-state index in [1.165, 1.54) is 51.5 Å². The fraction of sp³-hybridized carbons (Fsp3) is 0.786. The maximum atomic E-state index is 4.24. The highest BCUT2D eigenvalue weighted by Crippen LogP contribution is 2.07. The topological polar surface area (TPSA) is 31.9 Å². The average molecular weight is 237 g/mol. The van der Waals surface area contributed by atoms with Crippen LogP contribution in [-0.4, -0.2) is 28.5 Å². The van der Waals surface area contributed by atoms with Gasteiger partial charge in [0.15, 0.2) is 0 Å². The monoisotopic (exact) mass is 237 g/mol. The third-order valence-corrected chi connectivity index (χ3v) is 3.12. The largest absolute Gasteiger partial charge is 0.348 e. The lowest BCUT2D eigenvalue weighted by Gasteiger charge is -2.14. The smallest absolute Gasteiger partial charge is 0.120 e. The molecular formula is C14H27N3. The number of hydrogen-bond acceptors (Lipinski definition) is 2. The molecule has 98 valence electrons. The molecule has 0 unspecified atom stereocenters. The van der Waals surface area contributed by atoms with Gasteiger partial charge < -0.3 is 4.98 Å². The van der Waals surface area contributed by atoms with E-state index in [-0.39, 0.29) is 0 Å². The Kier molecular flexibility index (Phi) is 7.72. The molecular weight excluding hydrogens is 210 g/mol. The van der Waals surface area contributed by atoms with Crippen LogP contribution in [0.3, 0.4) is 0 Å². The van der Waals surface area contributed by atoms with Crippen LogP contribution in [0.25, 0.3) is 0 Å². The third-order valence-electron chi connectivity index (χ3n) is 3.12. The molecule has 0 radical (unpaired) electrons. The van der Waals surface area contributed by atoms with Gasteiger partial charge in [-0.1, -0.05) is 45.4 Å². The van der Waals surface area contributed by atoms with Gasteiger partial charge in [0, 0.05) is 12.4 Å². The number of unbranched alkanes of at least 4 members (excludes halogenated alkanes) is 6. The van der Waals surface area contributed by atoms with Crippen molar-refractivity contribution in [3.63, 3.8) is 0 Å². The molecule has 1 aromatic rings. The molecule has 3 heteroatoms. The van der Waals surface area contributed by atoms with Gasteiger partial charge in [-0.25, -0.2) is 4.98 Å². The second kappa shape index (κ2) is 9.23. The lowest BCUT2D eigenvalue weighted by Crippen LogP contribution is -2.19. The molecule has 1 rings (SSSR count). The van der Waals surface area contributed by atoms with E-state index in [0.29, 0.717) is 0 Å². The van der Waals surface area contributed by atoms with Gasteiger partial charge in [0.1, 0.15) is 5.82 Å². The Balaban J connectivity index is 1.92. The molecule has 0 atom stereocenters. The van der Waals surface area contributed by atoms with Crippen molar-refractivity contribution in [1.82, 2.24) is 14.9 Å². The maximum absolute atomic E-state index is 4.24. The summed E-state index contributed by atoms with van der Waals surface area (Å²) in [7, 11) is 2.17. The van der Waals surface area contributed by atoms with Crippen molar-refractivity contribution < 1.29 is 0 Å². The molecule has 0 spiro atoms. The van der Waals surface area contributed by atoms with E-state index in [4.69, 9.17) is 0 Å². The van der Waals surface area contributed by atoms with Crippen LogP contribution in [0.4, 0.5) is 0 Å². The zero-order valence-electron chi connectivity index (χ0n) is 11.4. The lowest BCUT2D eigenvalue weighted by molar-refractivity contribution is 0.309. The SMILES string of the molecule is CCCCCCCCCN(C)Cc1ncc[nH]1. The fourth-order valence-electron chi connectivity index (χ4n) is 2.06. The molecule has 1 aromatic heterocycles. The summed E-state index contributed by atoms with van der Waals surface area (Å²) in [5.41, 5.74) is 0. The number of nitrogens with one attached hydrogen (secondary N) is 1. The highest BCUT2D eigenvalue weighted by molar-refractivity contribution is 4.86. The van der Waals surface area contributed by atoms with Gasteiger partial charge >= 0.3 is 0 Å². The Hall–Kier alpha value is -0.830. The van der Waals surface area contributed by atoms with Gasteiger partial charge in [-0.05, 0) is 20.0 Å². The predicted molar refractivity (Wildman–Crippen MR) is 72.9 cm³/mol. The summed E-state index contributed by atoms with van der Waals surface area (Å²) in [5, 5.41) is 0. The summed E-state index contributed by atoms with van der Waals surface area (Å²) in [6.07, 6.45) is 13.3. The number of rotatable bonds is 10. The van der Waals surface area contributed by atoms with E-state index >= 15 is 0 Å². The molecule has 0 aliphatic carbocycles. The Morgan fingerprint density at radius 1 is 1.12 bits per heavy atom. The Morgan fingerprint density at radius 2 is 1.82 bits per heavy atom. The first-order valence-electron chi connectivity index (χ1n) is 6.99. The van der Waals surface area contributed by atoms with Gasteiger partial charge in [-0.15, -0.1) is 0 Å². The summed E-state index contributed by atoms with van der Waals surface area (Å²) < 4.78 is 0. The Bertz CT molecular complexity index is 256. The van der Waals surface area contributed by atoms with E-state index in [0.717, 1.165) is 12.4 Å². The minimum atomic E-state index is 0.933. The minimum Gasteiger partial charge on any atom is -0.348 e. The lowest BCUT2D eigenvalue weighted by atomic mass is 10.1. The molecule has 0 saturated carbocycles. The van der Waals surface area contributed by atoms with Crippen LogP contribution in [0.2, 0.25) is 0 Å². The standard InChI is InChI=1S/C14H27N3/c1-3-4-5-6-7-8-9-12-17(2)13-14-15-10-11-16-14/h10-11H,3-9,12-13H2,1-2H3,(H,15,16). The van der Waals surface area contributed by atoms with Crippen LogP contribution in [-0.2, 0) is 6.54 Å². The summed E-state index contributed by atoms with van der Waals surface area (Å²) in [6.45, 7) is 4.38. The van der Waals surface area contributed by atoms with Crippen molar-refractivity contribution in [2.24, 2.45) is 0 Å². The van der Waals surface area contributed by atoms with E-state index in [2.05, 4.69) is 28.8 Å². The summed E-state index contributed by atoms with van der Waals surface area (Å²) in [5.74, 6) is 1.07. The first-order valence-corrected chi connectivity index (χ1v) is 6.99. The quantitative estimate of drug-likeness (QED) is 0.631. The van der Waals surface area contributed by atoms with Crippen molar-refractivity contribution in [1.29, 1.82) is 0 Å². The fourth-order valence-corrected chi connectivity index (χ4v) is 2.06.